The Bertz CT molecular complexity index is 785. The Morgan fingerprint density at radius 3 is 2.62 bits per heavy atom. The van der Waals surface area contributed by atoms with Crippen LogP contribution in [0.15, 0.2) is 11.1 Å². The Balaban J connectivity index is 2.77. The van der Waals surface area contributed by atoms with Gasteiger partial charge in [0.25, 0.3) is 0 Å². The summed E-state index contributed by atoms with van der Waals surface area (Å²) >= 11 is 5.47. The van der Waals surface area contributed by atoms with Gasteiger partial charge in [-0.05, 0) is 20.3 Å². The van der Waals surface area contributed by atoms with Gasteiger partial charge in [-0.2, -0.15) is 0 Å². The molecule has 0 aromatic carbocycles. The average Bonchev–Trinajstić information content (AvgIpc) is 2.82. The summed E-state index contributed by atoms with van der Waals surface area (Å²) in [7, 11) is 0. The lowest BCUT2D eigenvalue weighted by Gasteiger charge is -2.12. The van der Waals surface area contributed by atoms with Gasteiger partial charge >= 0.3 is 5.69 Å². The van der Waals surface area contributed by atoms with Gasteiger partial charge < -0.3 is 4.57 Å². The first-order valence-electron chi connectivity index (χ1n) is 7.19. The van der Waals surface area contributed by atoms with Gasteiger partial charge in [0.05, 0.1) is 12.9 Å². The molecule has 2 rings (SSSR count). The van der Waals surface area contributed by atoms with Crippen molar-refractivity contribution < 1.29 is 4.79 Å². The van der Waals surface area contributed by atoms with Crippen LogP contribution < -0.4 is 5.69 Å². The van der Waals surface area contributed by atoms with E-state index in [1.807, 2.05) is 6.92 Å². The van der Waals surface area contributed by atoms with Crippen molar-refractivity contribution in [2.45, 2.75) is 53.2 Å². The van der Waals surface area contributed by atoms with E-state index in [4.69, 9.17) is 12.2 Å². The maximum atomic E-state index is 12.5. The van der Waals surface area contributed by atoms with Crippen LogP contribution in [-0.4, -0.2) is 24.5 Å². The predicted octanol–water partition coefficient (Wildman–Crippen LogP) is 2.14. The standard InChI is InChI=1S/C14H20N4O2S/c1-4-6-7-18-13(21)11-12(17(5-2)14(18)20)15-9-16(11)8-10(3)19/h9H,4-8H2,1-3H3. The molecule has 0 saturated carbocycles. The summed E-state index contributed by atoms with van der Waals surface area (Å²) in [6.07, 6.45) is 3.45. The van der Waals surface area contributed by atoms with Crippen molar-refractivity contribution >= 4 is 29.2 Å². The van der Waals surface area contributed by atoms with Crippen LogP contribution in [0.3, 0.4) is 0 Å². The normalized spacial score (nSPS) is 11.2. The number of hydrogen-bond donors (Lipinski definition) is 0. The molecule has 114 valence electrons. The molecular formula is C14H20N4O2S. The predicted molar refractivity (Wildman–Crippen MR) is 84.1 cm³/mol. The van der Waals surface area contributed by atoms with Crippen LogP contribution in [0.1, 0.15) is 33.6 Å². The number of nitrogens with zero attached hydrogens (tertiary/aromatic N) is 4. The van der Waals surface area contributed by atoms with Crippen molar-refractivity contribution in [1.82, 2.24) is 18.7 Å². The zero-order chi connectivity index (χ0) is 15.6. The van der Waals surface area contributed by atoms with E-state index in [2.05, 4.69) is 11.9 Å². The fourth-order valence-electron chi connectivity index (χ4n) is 2.40. The van der Waals surface area contributed by atoms with E-state index in [0.29, 0.717) is 28.9 Å². The number of Topliss-reactive ketones (excluding diaryl/α,β-unsaturated/α-hetero) is 1. The number of fused-ring (bicyclic) bond motifs is 1. The number of unbranched alkanes of at least 4 members (excludes halogenated alkanes) is 1. The fourth-order valence-corrected chi connectivity index (χ4v) is 2.77. The molecule has 0 fully saturated rings. The first-order chi connectivity index (χ1) is 10.0. The lowest BCUT2D eigenvalue weighted by molar-refractivity contribution is -0.117. The molecule has 0 saturated heterocycles. The lowest BCUT2D eigenvalue weighted by atomic mass is 10.3. The Morgan fingerprint density at radius 2 is 2.05 bits per heavy atom. The van der Waals surface area contributed by atoms with Crippen LogP contribution >= 0.6 is 12.2 Å². The van der Waals surface area contributed by atoms with E-state index in [0.717, 1.165) is 12.8 Å². The number of carbonyl (C=O) groups is 1. The number of rotatable bonds is 6. The summed E-state index contributed by atoms with van der Waals surface area (Å²) in [5.41, 5.74) is 1.12. The minimum atomic E-state index is -0.128. The van der Waals surface area contributed by atoms with Crippen molar-refractivity contribution in [2.24, 2.45) is 0 Å². The highest BCUT2D eigenvalue weighted by molar-refractivity contribution is 7.71. The lowest BCUT2D eigenvalue weighted by Crippen LogP contribution is -2.32. The third kappa shape index (κ3) is 2.83. The smallest absolute Gasteiger partial charge is 0.319 e. The van der Waals surface area contributed by atoms with Crippen LogP contribution in [0.2, 0.25) is 0 Å². The Labute approximate surface area is 128 Å². The van der Waals surface area contributed by atoms with Crippen molar-refractivity contribution in [3.8, 4) is 0 Å². The first-order valence-corrected chi connectivity index (χ1v) is 7.60. The van der Waals surface area contributed by atoms with E-state index >= 15 is 0 Å². The van der Waals surface area contributed by atoms with Gasteiger partial charge in [0, 0.05) is 13.1 Å². The minimum Gasteiger partial charge on any atom is -0.319 e. The maximum absolute atomic E-state index is 12.5. The van der Waals surface area contributed by atoms with E-state index in [1.165, 1.54) is 6.92 Å². The molecule has 0 aliphatic heterocycles. The van der Waals surface area contributed by atoms with Gasteiger partial charge in [-0.25, -0.2) is 9.78 Å². The Hall–Kier alpha value is -1.76. The van der Waals surface area contributed by atoms with Gasteiger partial charge in [-0.15, -0.1) is 0 Å². The number of hydrogen-bond acceptors (Lipinski definition) is 4. The van der Waals surface area contributed by atoms with Crippen LogP contribution in [0.25, 0.3) is 11.2 Å². The highest BCUT2D eigenvalue weighted by Crippen LogP contribution is 2.14. The molecule has 0 N–H and O–H groups in total. The molecule has 7 heteroatoms. The highest BCUT2D eigenvalue weighted by atomic mass is 32.1. The topological polar surface area (TPSA) is 61.8 Å². The number of carbonyl (C=O) groups excluding carboxylic acids is 1. The molecule has 0 bridgehead atoms. The number of aryl methyl sites for hydroxylation is 1. The van der Waals surface area contributed by atoms with Crippen molar-refractivity contribution in [3.05, 3.63) is 21.5 Å². The summed E-state index contributed by atoms with van der Waals surface area (Å²) in [4.78, 5) is 28.2. The van der Waals surface area contributed by atoms with Gasteiger partial charge in [0.15, 0.2) is 5.65 Å². The largest absolute Gasteiger partial charge is 0.330 e. The quantitative estimate of drug-likeness (QED) is 0.767. The first kappa shape index (κ1) is 15.6. The Kier molecular flexibility index (Phi) is 4.72. The van der Waals surface area contributed by atoms with E-state index < -0.39 is 0 Å². The Morgan fingerprint density at radius 1 is 1.33 bits per heavy atom. The average molecular weight is 308 g/mol. The van der Waals surface area contributed by atoms with Crippen LogP contribution in [0, 0.1) is 4.64 Å². The van der Waals surface area contributed by atoms with E-state index in [9.17, 15) is 9.59 Å². The second kappa shape index (κ2) is 6.34. The molecule has 21 heavy (non-hydrogen) atoms. The molecule has 0 aliphatic carbocycles. The SMILES string of the molecule is CCCCn1c(=S)c2c(ncn2CC(C)=O)n(CC)c1=O. The second-order valence-electron chi connectivity index (χ2n) is 5.08. The molecule has 6 nitrogen and oxygen atoms in total. The van der Waals surface area contributed by atoms with Gasteiger partial charge in [-0.1, -0.05) is 25.6 Å². The molecule has 0 atom stereocenters. The molecule has 0 amide bonds. The minimum absolute atomic E-state index is 0.0260. The summed E-state index contributed by atoms with van der Waals surface area (Å²) < 4.78 is 5.42. The molecule has 0 aliphatic rings. The van der Waals surface area contributed by atoms with E-state index in [1.54, 1.807) is 20.0 Å². The number of imidazole rings is 1. The zero-order valence-corrected chi connectivity index (χ0v) is 13.4. The monoisotopic (exact) mass is 308 g/mol. The number of ketones is 1. The van der Waals surface area contributed by atoms with Crippen LogP contribution in [0.4, 0.5) is 0 Å². The van der Waals surface area contributed by atoms with Crippen molar-refractivity contribution in [2.75, 3.05) is 0 Å². The molecule has 0 unspecified atom stereocenters. The molecule has 2 aromatic heterocycles. The summed E-state index contributed by atoms with van der Waals surface area (Å²) in [5.74, 6) is 0.0260. The van der Waals surface area contributed by atoms with Crippen molar-refractivity contribution in [3.63, 3.8) is 0 Å². The summed E-state index contributed by atoms with van der Waals surface area (Å²) in [5, 5.41) is 0. The van der Waals surface area contributed by atoms with Crippen LogP contribution in [0.5, 0.6) is 0 Å². The maximum Gasteiger partial charge on any atom is 0.330 e. The molecule has 2 heterocycles. The molecule has 0 radical (unpaired) electrons. The fraction of sp³-hybridized carbons (Fsp3) is 0.571. The second-order valence-corrected chi connectivity index (χ2v) is 5.47. The third-order valence-corrected chi connectivity index (χ3v) is 3.84. The molecule has 2 aromatic rings. The third-order valence-electron chi connectivity index (χ3n) is 3.43. The summed E-state index contributed by atoms with van der Waals surface area (Å²) in [6.45, 7) is 6.83. The number of aromatic nitrogens is 4. The highest BCUT2D eigenvalue weighted by Gasteiger charge is 2.15. The molecular weight excluding hydrogens is 288 g/mol. The van der Waals surface area contributed by atoms with E-state index in [-0.39, 0.29) is 18.0 Å². The zero-order valence-electron chi connectivity index (χ0n) is 12.6. The van der Waals surface area contributed by atoms with Crippen molar-refractivity contribution in [1.29, 1.82) is 0 Å². The van der Waals surface area contributed by atoms with Gasteiger partial charge in [0.1, 0.15) is 15.9 Å². The van der Waals surface area contributed by atoms with Gasteiger partial charge in [0.2, 0.25) is 0 Å². The molecule has 0 spiro atoms. The van der Waals surface area contributed by atoms with Crippen LogP contribution in [-0.2, 0) is 24.4 Å². The summed E-state index contributed by atoms with van der Waals surface area (Å²) in [6, 6.07) is 0. The van der Waals surface area contributed by atoms with Gasteiger partial charge in [-0.3, -0.25) is 13.9 Å².